The van der Waals surface area contributed by atoms with Gasteiger partial charge >= 0.3 is 29.6 Å². The third-order valence-electron chi connectivity index (χ3n) is 1.04. The van der Waals surface area contributed by atoms with E-state index in [-0.39, 0.29) is 35.7 Å². The van der Waals surface area contributed by atoms with Crippen molar-refractivity contribution < 1.29 is 48.4 Å². The molecule has 0 atom stereocenters. The summed E-state index contributed by atoms with van der Waals surface area (Å²) in [4.78, 5) is 20.3. The van der Waals surface area contributed by atoms with Gasteiger partial charge in [-0.3, -0.25) is 0 Å². The molecule has 0 amide bonds. The second kappa shape index (κ2) is 4.97. The van der Waals surface area contributed by atoms with Crippen molar-refractivity contribution in [3.63, 3.8) is 0 Å². The van der Waals surface area contributed by atoms with E-state index < -0.39 is 7.60 Å². The Bertz CT molecular complexity index is 150. The van der Waals surface area contributed by atoms with Crippen LogP contribution in [0.3, 0.4) is 0 Å². The molecule has 4 nitrogen and oxygen atoms in total. The molecule has 0 saturated carbocycles. The van der Waals surface area contributed by atoms with E-state index in [4.69, 9.17) is 0 Å². The summed E-state index contributed by atoms with van der Waals surface area (Å²) in [5.74, 6) is 0. The van der Waals surface area contributed by atoms with Crippen LogP contribution in [-0.2, 0) is 4.57 Å². The summed E-state index contributed by atoms with van der Waals surface area (Å²) in [5, 5.41) is 0. The molecule has 0 fully saturated rings. The normalized spacial score (nSPS) is 12.5. The predicted octanol–water partition coefficient (Wildman–Crippen LogP) is -4.39. The van der Waals surface area contributed by atoms with Crippen molar-refractivity contribution in [3.05, 3.63) is 0 Å². The minimum absolute atomic E-state index is 0. The van der Waals surface area contributed by atoms with Gasteiger partial charge in [0.1, 0.15) is 0 Å². The van der Waals surface area contributed by atoms with Crippen LogP contribution >= 0.6 is 7.60 Å². The van der Waals surface area contributed by atoms with E-state index in [1.807, 2.05) is 21.1 Å². The van der Waals surface area contributed by atoms with Crippen molar-refractivity contribution in [2.45, 2.75) is 0 Å². The van der Waals surface area contributed by atoms with Crippen molar-refractivity contribution in [2.75, 3.05) is 33.8 Å². The Balaban J connectivity index is 0. The van der Waals surface area contributed by atoms with Crippen LogP contribution in [-0.4, -0.2) is 38.3 Å². The van der Waals surface area contributed by atoms with Gasteiger partial charge in [0.25, 0.3) is 0 Å². The summed E-state index contributed by atoms with van der Waals surface area (Å²) in [7, 11) is 1.25. The SMILES string of the molecule is C[N+](C)(C)CCP(=O)([O-])[O-].[Na+]. The molecule has 0 aliphatic carbocycles. The molecule has 0 aromatic carbocycles. The summed E-state index contributed by atoms with van der Waals surface area (Å²) in [6.45, 7) is 0.379. The third kappa shape index (κ3) is 14.0. The summed E-state index contributed by atoms with van der Waals surface area (Å²) < 4.78 is 10.6. The van der Waals surface area contributed by atoms with Gasteiger partial charge in [-0.1, -0.05) is 7.60 Å². The van der Waals surface area contributed by atoms with Crippen molar-refractivity contribution in [1.29, 1.82) is 0 Å². The van der Waals surface area contributed by atoms with Crippen LogP contribution in [0.5, 0.6) is 0 Å². The number of hydrogen-bond acceptors (Lipinski definition) is 3. The van der Waals surface area contributed by atoms with E-state index in [1.54, 1.807) is 0 Å². The molecule has 0 aromatic heterocycles. The van der Waals surface area contributed by atoms with E-state index in [2.05, 4.69) is 0 Å². The molecular weight excluding hydrogens is 176 g/mol. The Hall–Kier alpha value is 1.11. The van der Waals surface area contributed by atoms with Crippen LogP contribution in [0.2, 0.25) is 0 Å². The molecule has 0 rings (SSSR count). The predicted molar refractivity (Wildman–Crippen MR) is 35.4 cm³/mol. The van der Waals surface area contributed by atoms with Gasteiger partial charge in [0.2, 0.25) is 0 Å². The number of hydrogen-bond donors (Lipinski definition) is 0. The Morgan fingerprint density at radius 1 is 1.27 bits per heavy atom. The fraction of sp³-hybridized carbons (Fsp3) is 1.00. The average molecular weight is 189 g/mol. The van der Waals surface area contributed by atoms with E-state index in [1.165, 1.54) is 0 Å². The second-order valence-electron chi connectivity index (χ2n) is 3.35. The Morgan fingerprint density at radius 2 is 1.64 bits per heavy atom. The first kappa shape index (κ1) is 14.6. The molecule has 0 aromatic rings. The minimum atomic E-state index is -4.28. The Morgan fingerprint density at radius 3 is 1.73 bits per heavy atom. The quantitative estimate of drug-likeness (QED) is 0.256. The third-order valence-corrected chi connectivity index (χ3v) is 1.79. The van der Waals surface area contributed by atoms with E-state index >= 15 is 0 Å². The number of quaternary nitrogens is 1. The molecule has 0 saturated heterocycles. The van der Waals surface area contributed by atoms with Crippen LogP contribution < -0.4 is 39.3 Å². The zero-order valence-electron chi connectivity index (χ0n) is 7.53. The fourth-order valence-electron chi connectivity index (χ4n) is 0.422. The van der Waals surface area contributed by atoms with Gasteiger partial charge < -0.3 is 18.8 Å². The van der Waals surface area contributed by atoms with Gasteiger partial charge in [0.05, 0.1) is 27.7 Å². The van der Waals surface area contributed by atoms with Gasteiger partial charge in [0.15, 0.2) is 0 Å². The average Bonchev–Trinajstić information content (AvgIpc) is 1.57. The van der Waals surface area contributed by atoms with Crippen LogP contribution in [0.25, 0.3) is 0 Å². The maximum atomic E-state index is 10.1. The first-order chi connectivity index (χ1) is 4.21. The summed E-state index contributed by atoms with van der Waals surface area (Å²) in [6, 6.07) is 0. The van der Waals surface area contributed by atoms with Crippen LogP contribution in [0, 0.1) is 0 Å². The topological polar surface area (TPSA) is 63.2 Å². The van der Waals surface area contributed by atoms with Gasteiger partial charge in [-0.15, -0.1) is 0 Å². The van der Waals surface area contributed by atoms with Crippen molar-refractivity contribution in [1.82, 2.24) is 0 Å². The summed E-state index contributed by atoms with van der Waals surface area (Å²) in [5.41, 5.74) is 0. The largest absolute Gasteiger partial charge is 1.00 e. The summed E-state index contributed by atoms with van der Waals surface area (Å²) in [6.07, 6.45) is -0.253. The van der Waals surface area contributed by atoms with Crippen LogP contribution in [0.1, 0.15) is 0 Å². The van der Waals surface area contributed by atoms with Crippen molar-refractivity contribution in [3.8, 4) is 0 Å². The van der Waals surface area contributed by atoms with Gasteiger partial charge in [-0.2, -0.15) is 0 Å². The number of nitrogens with zero attached hydrogens (tertiary/aromatic N) is 1. The van der Waals surface area contributed by atoms with E-state index in [0.717, 1.165) is 0 Å². The maximum absolute atomic E-state index is 10.1. The fourth-order valence-corrected chi connectivity index (χ4v) is 1.27. The second-order valence-corrected chi connectivity index (χ2v) is 5.02. The smallest absolute Gasteiger partial charge is 0.811 e. The Labute approximate surface area is 89.6 Å². The van der Waals surface area contributed by atoms with Crippen molar-refractivity contribution >= 4 is 7.60 Å². The maximum Gasteiger partial charge on any atom is 1.00 e. The molecule has 0 bridgehead atoms. The standard InChI is InChI=1S/C5H14NO3P.Na/c1-6(2,3)4-5-10(7,8)9;/h4-5H2,1-3H3,(H-,7,8,9);/q;+1/p-1. The molecule has 6 heteroatoms. The minimum Gasteiger partial charge on any atom is -0.811 e. The molecular formula is C5H13NNaO3P. The number of rotatable bonds is 3. The molecule has 0 heterocycles. The monoisotopic (exact) mass is 189 g/mol. The Kier molecular flexibility index (Phi) is 6.61. The first-order valence-electron chi connectivity index (χ1n) is 3.02. The molecule has 0 spiro atoms. The molecule has 0 radical (unpaired) electrons. The van der Waals surface area contributed by atoms with Gasteiger partial charge in [0, 0.05) is 6.16 Å². The molecule has 62 valence electrons. The summed E-state index contributed by atoms with van der Waals surface area (Å²) >= 11 is 0. The van der Waals surface area contributed by atoms with E-state index in [0.29, 0.717) is 11.0 Å². The van der Waals surface area contributed by atoms with Crippen LogP contribution in [0.4, 0.5) is 0 Å². The zero-order valence-corrected chi connectivity index (χ0v) is 10.4. The van der Waals surface area contributed by atoms with E-state index in [9.17, 15) is 14.4 Å². The van der Waals surface area contributed by atoms with Gasteiger partial charge in [-0.05, 0) is 0 Å². The first-order valence-corrected chi connectivity index (χ1v) is 4.75. The molecule has 11 heavy (non-hydrogen) atoms. The van der Waals surface area contributed by atoms with Crippen molar-refractivity contribution in [2.24, 2.45) is 0 Å². The zero-order chi connectivity index (χ0) is 8.41. The molecule has 0 aliphatic rings. The molecule has 0 aliphatic heterocycles. The van der Waals surface area contributed by atoms with Crippen LogP contribution in [0.15, 0.2) is 0 Å². The molecule has 0 unspecified atom stereocenters. The molecule has 0 N–H and O–H groups in total. The van der Waals surface area contributed by atoms with Gasteiger partial charge in [-0.25, -0.2) is 0 Å².